The number of hydrogen-bond donors (Lipinski definition) is 1. The molecule has 0 radical (unpaired) electrons. The Morgan fingerprint density at radius 3 is 2.56 bits per heavy atom. The molecule has 0 atom stereocenters. The molecule has 3 nitrogen and oxygen atoms in total. The molecule has 100 valence electrons. The van der Waals surface area contributed by atoms with Gasteiger partial charge < -0.3 is 9.84 Å². The zero-order chi connectivity index (χ0) is 13.7. The third-order valence-electron chi connectivity index (χ3n) is 2.61. The minimum atomic E-state index is -0.786. The summed E-state index contributed by atoms with van der Waals surface area (Å²) in [6, 6.07) is 1.80. The highest BCUT2D eigenvalue weighted by molar-refractivity contribution is 6.37. The number of hydrogen-bond acceptors (Lipinski definition) is 2. The molecule has 0 aliphatic heterocycles. The Balaban J connectivity index is 2.55. The molecule has 1 N–H and O–H groups in total. The molecule has 0 aromatic heterocycles. The normalized spacial score (nSPS) is 10.4. The molecule has 0 bridgehead atoms. The second kappa shape index (κ2) is 6.86. The van der Waals surface area contributed by atoms with Gasteiger partial charge in [-0.25, -0.2) is 0 Å². The van der Waals surface area contributed by atoms with Gasteiger partial charge in [0.05, 0.1) is 11.6 Å². The van der Waals surface area contributed by atoms with Crippen molar-refractivity contribution in [3.63, 3.8) is 0 Å². The fourth-order valence-corrected chi connectivity index (χ4v) is 1.97. The average Bonchev–Trinajstić information content (AvgIpc) is 2.32. The number of benzene rings is 1. The molecule has 0 aliphatic rings. The first-order valence-electron chi connectivity index (χ1n) is 5.73. The van der Waals surface area contributed by atoms with Crippen LogP contribution in [0.1, 0.15) is 30.4 Å². The Morgan fingerprint density at radius 1 is 1.28 bits per heavy atom. The minimum absolute atomic E-state index is 0.162. The Labute approximate surface area is 117 Å². The molecule has 0 spiro atoms. The van der Waals surface area contributed by atoms with E-state index in [9.17, 15) is 4.79 Å². The third-order valence-corrected chi connectivity index (χ3v) is 3.66. The molecule has 0 unspecified atom stereocenters. The van der Waals surface area contributed by atoms with E-state index in [1.165, 1.54) is 0 Å². The molecule has 0 aliphatic carbocycles. The minimum Gasteiger partial charge on any atom is -0.492 e. The molecule has 18 heavy (non-hydrogen) atoms. The van der Waals surface area contributed by atoms with Gasteiger partial charge in [-0.1, -0.05) is 23.2 Å². The summed E-state index contributed by atoms with van der Waals surface area (Å²) < 4.78 is 5.55. The van der Waals surface area contributed by atoms with E-state index in [0.717, 1.165) is 11.1 Å². The lowest BCUT2D eigenvalue weighted by Gasteiger charge is -2.12. The van der Waals surface area contributed by atoms with Crippen molar-refractivity contribution < 1.29 is 14.6 Å². The van der Waals surface area contributed by atoms with Gasteiger partial charge in [-0.15, -0.1) is 0 Å². The SMILES string of the molecule is Cc1cc(OCCCCC(=O)O)c(Cl)c(C)c1Cl. The van der Waals surface area contributed by atoms with Crippen LogP contribution >= 0.6 is 23.2 Å². The quantitative estimate of drug-likeness (QED) is 0.797. The summed E-state index contributed by atoms with van der Waals surface area (Å²) in [7, 11) is 0. The summed E-state index contributed by atoms with van der Waals surface area (Å²) in [6.07, 6.45) is 1.44. The standard InChI is InChI=1S/C13H16Cl2O3/c1-8-7-10(13(15)9(2)12(8)14)18-6-4-3-5-11(16)17/h7H,3-6H2,1-2H3,(H,16,17). The highest BCUT2D eigenvalue weighted by atomic mass is 35.5. The molecule has 0 saturated carbocycles. The zero-order valence-electron chi connectivity index (χ0n) is 10.4. The number of ether oxygens (including phenoxy) is 1. The first-order valence-corrected chi connectivity index (χ1v) is 6.49. The highest BCUT2D eigenvalue weighted by Crippen LogP contribution is 2.35. The summed E-state index contributed by atoms with van der Waals surface area (Å²) in [6.45, 7) is 4.19. The second-order valence-electron chi connectivity index (χ2n) is 4.14. The maximum Gasteiger partial charge on any atom is 0.303 e. The lowest BCUT2D eigenvalue weighted by molar-refractivity contribution is -0.137. The molecule has 1 aromatic rings. The van der Waals surface area contributed by atoms with Crippen molar-refractivity contribution in [2.45, 2.75) is 33.1 Å². The topological polar surface area (TPSA) is 46.5 Å². The lowest BCUT2D eigenvalue weighted by Crippen LogP contribution is -2.01. The van der Waals surface area contributed by atoms with E-state index in [1.807, 2.05) is 13.8 Å². The van der Waals surface area contributed by atoms with Gasteiger partial charge in [0, 0.05) is 11.4 Å². The van der Waals surface area contributed by atoms with Gasteiger partial charge in [0.1, 0.15) is 5.75 Å². The Bertz CT molecular complexity index is 444. The van der Waals surface area contributed by atoms with Crippen LogP contribution in [0, 0.1) is 13.8 Å². The number of carboxylic acids is 1. The van der Waals surface area contributed by atoms with Crippen molar-refractivity contribution in [3.05, 3.63) is 27.2 Å². The van der Waals surface area contributed by atoms with Crippen LogP contribution in [-0.2, 0) is 4.79 Å². The number of aryl methyl sites for hydroxylation is 1. The zero-order valence-corrected chi connectivity index (χ0v) is 11.9. The van der Waals surface area contributed by atoms with Crippen molar-refractivity contribution in [1.82, 2.24) is 0 Å². The first kappa shape index (κ1) is 15.1. The Morgan fingerprint density at radius 2 is 1.94 bits per heavy atom. The van der Waals surface area contributed by atoms with E-state index < -0.39 is 5.97 Å². The van der Waals surface area contributed by atoms with E-state index in [4.69, 9.17) is 33.0 Å². The van der Waals surface area contributed by atoms with Gasteiger partial charge in [0.25, 0.3) is 0 Å². The van der Waals surface area contributed by atoms with Gasteiger partial charge in [-0.3, -0.25) is 4.79 Å². The largest absolute Gasteiger partial charge is 0.492 e. The fourth-order valence-electron chi connectivity index (χ4n) is 1.57. The number of rotatable bonds is 6. The molecular weight excluding hydrogens is 275 g/mol. The van der Waals surface area contributed by atoms with Gasteiger partial charge in [0.15, 0.2) is 0 Å². The monoisotopic (exact) mass is 290 g/mol. The summed E-state index contributed by atoms with van der Waals surface area (Å²) in [4.78, 5) is 10.3. The lowest BCUT2D eigenvalue weighted by atomic mass is 10.1. The van der Waals surface area contributed by atoms with Crippen LogP contribution in [-0.4, -0.2) is 17.7 Å². The van der Waals surface area contributed by atoms with Crippen LogP contribution in [0.4, 0.5) is 0 Å². The van der Waals surface area contributed by atoms with Crippen LogP contribution < -0.4 is 4.74 Å². The van der Waals surface area contributed by atoms with Crippen LogP contribution in [0.2, 0.25) is 10.0 Å². The summed E-state index contributed by atoms with van der Waals surface area (Å²) in [5.74, 6) is -0.183. The second-order valence-corrected chi connectivity index (χ2v) is 4.90. The van der Waals surface area contributed by atoms with E-state index in [1.54, 1.807) is 6.07 Å². The van der Waals surface area contributed by atoms with E-state index >= 15 is 0 Å². The van der Waals surface area contributed by atoms with Crippen molar-refractivity contribution in [2.24, 2.45) is 0 Å². The fraction of sp³-hybridized carbons (Fsp3) is 0.462. The Kier molecular flexibility index (Phi) is 5.76. The molecular formula is C13H16Cl2O3. The van der Waals surface area contributed by atoms with E-state index in [0.29, 0.717) is 35.2 Å². The number of carboxylic acid groups (broad SMARTS) is 1. The van der Waals surface area contributed by atoms with Crippen molar-refractivity contribution in [3.8, 4) is 5.75 Å². The van der Waals surface area contributed by atoms with Gasteiger partial charge in [-0.05, 0) is 43.9 Å². The van der Waals surface area contributed by atoms with E-state index in [2.05, 4.69) is 0 Å². The molecule has 0 fully saturated rings. The first-order chi connectivity index (χ1) is 8.43. The number of carbonyl (C=O) groups is 1. The summed E-state index contributed by atoms with van der Waals surface area (Å²) in [5.41, 5.74) is 1.72. The van der Waals surface area contributed by atoms with Crippen molar-refractivity contribution in [1.29, 1.82) is 0 Å². The van der Waals surface area contributed by atoms with E-state index in [-0.39, 0.29) is 6.42 Å². The number of unbranched alkanes of at least 4 members (excludes halogenated alkanes) is 1. The average molecular weight is 291 g/mol. The third kappa shape index (κ3) is 4.07. The molecule has 1 aromatic carbocycles. The van der Waals surface area contributed by atoms with Crippen LogP contribution in [0.3, 0.4) is 0 Å². The van der Waals surface area contributed by atoms with Crippen molar-refractivity contribution >= 4 is 29.2 Å². The highest BCUT2D eigenvalue weighted by Gasteiger charge is 2.11. The summed E-state index contributed by atoms with van der Waals surface area (Å²) in [5, 5.41) is 9.67. The molecule has 0 heterocycles. The molecule has 1 rings (SSSR count). The van der Waals surface area contributed by atoms with Crippen molar-refractivity contribution in [2.75, 3.05) is 6.61 Å². The smallest absolute Gasteiger partial charge is 0.303 e. The predicted octanol–water partition coefficient (Wildman–Crippen LogP) is 4.24. The number of halogens is 2. The van der Waals surface area contributed by atoms with Crippen LogP contribution in [0.25, 0.3) is 0 Å². The van der Waals surface area contributed by atoms with Crippen LogP contribution in [0.5, 0.6) is 5.75 Å². The Hall–Kier alpha value is -0.930. The summed E-state index contributed by atoms with van der Waals surface area (Å²) >= 11 is 12.2. The maximum atomic E-state index is 10.3. The molecule has 5 heteroatoms. The predicted molar refractivity (Wildman–Crippen MR) is 72.9 cm³/mol. The van der Waals surface area contributed by atoms with Gasteiger partial charge in [-0.2, -0.15) is 0 Å². The number of aliphatic carboxylic acids is 1. The molecule has 0 saturated heterocycles. The van der Waals surface area contributed by atoms with Crippen LogP contribution in [0.15, 0.2) is 6.07 Å². The molecule has 0 amide bonds. The van der Waals surface area contributed by atoms with Gasteiger partial charge >= 0.3 is 5.97 Å². The maximum absolute atomic E-state index is 10.3. The van der Waals surface area contributed by atoms with Gasteiger partial charge in [0.2, 0.25) is 0 Å².